The lowest BCUT2D eigenvalue weighted by Crippen LogP contribution is -2.50. The van der Waals surface area contributed by atoms with Crippen molar-refractivity contribution >= 4 is 17.5 Å². The molecule has 1 fully saturated rings. The Balaban J connectivity index is 1.35. The molecule has 0 bridgehead atoms. The Morgan fingerprint density at radius 3 is 2.42 bits per heavy atom. The second kappa shape index (κ2) is 9.04. The largest absolute Gasteiger partial charge is 0.497 e. The van der Waals surface area contributed by atoms with Crippen molar-refractivity contribution in [2.75, 3.05) is 43.5 Å². The number of aryl methyl sites for hydroxylation is 2. The molecule has 0 aliphatic carbocycles. The van der Waals surface area contributed by atoms with Crippen molar-refractivity contribution in [3.63, 3.8) is 0 Å². The lowest BCUT2D eigenvalue weighted by Gasteiger charge is -2.35. The van der Waals surface area contributed by atoms with Gasteiger partial charge in [-0.05, 0) is 55.3 Å². The normalized spacial score (nSPS) is 13.8. The summed E-state index contributed by atoms with van der Waals surface area (Å²) in [6, 6.07) is 17.6. The number of anilines is 2. The summed E-state index contributed by atoms with van der Waals surface area (Å²) in [5.74, 6) is 1.55. The fraction of sp³-hybridized carbons (Fsp3) is 0.292. The summed E-state index contributed by atoms with van der Waals surface area (Å²) in [4.78, 5) is 16.6. The lowest BCUT2D eigenvalue weighted by molar-refractivity contribution is 0.208. The molecule has 2 heterocycles. The van der Waals surface area contributed by atoms with E-state index in [9.17, 15) is 4.79 Å². The molecule has 1 saturated heterocycles. The number of piperazine rings is 1. The average molecular weight is 418 g/mol. The number of ether oxygens (including phenoxy) is 1. The van der Waals surface area contributed by atoms with E-state index in [1.165, 1.54) is 11.1 Å². The van der Waals surface area contributed by atoms with Crippen molar-refractivity contribution in [3.8, 4) is 17.0 Å². The maximum absolute atomic E-state index is 12.6. The third-order valence-corrected chi connectivity index (χ3v) is 5.67. The maximum atomic E-state index is 12.6. The zero-order chi connectivity index (χ0) is 21.8. The van der Waals surface area contributed by atoms with Crippen LogP contribution in [0.25, 0.3) is 11.3 Å². The van der Waals surface area contributed by atoms with Gasteiger partial charge in [-0.3, -0.25) is 0 Å². The molecule has 1 aliphatic rings. The molecule has 0 saturated carbocycles. The van der Waals surface area contributed by atoms with Crippen LogP contribution in [-0.4, -0.2) is 54.4 Å². The van der Waals surface area contributed by atoms with Crippen LogP contribution in [0.3, 0.4) is 0 Å². The summed E-state index contributed by atoms with van der Waals surface area (Å²) in [6.45, 7) is 6.87. The van der Waals surface area contributed by atoms with Crippen LogP contribution < -0.4 is 15.0 Å². The van der Waals surface area contributed by atoms with Crippen LogP contribution >= 0.6 is 0 Å². The van der Waals surface area contributed by atoms with Crippen LogP contribution in [0.15, 0.2) is 54.6 Å². The molecule has 0 spiro atoms. The van der Waals surface area contributed by atoms with Gasteiger partial charge in [-0.1, -0.05) is 18.2 Å². The second-order valence-corrected chi connectivity index (χ2v) is 7.71. The number of benzene rings is 2. The number of amides is 2. The third kappa shape index (κ3) is 4.77. The number of urea groups is 1. The number of rotatable bonds is 4. The smallest absolute Gasteiger partial charge is 0.321 e. The monoisotopic (exact) mass is 417 g/mol. The molecule has 2 aromatic carbocycles. The number of methoxy groups -OCH3 is 1. The predicted molar refractivity (Wildman–Crippen MR) is 123 cm³/mol. The molecule has 1 aromatic heterocycles. The van der Waals surface area contributed by atoms with Crippen LogP contribution in [0.1, 0.15) is 11.1 Å². The molecule has 0 radical (unpaired) electrons. The van der Waals surface area contributed by atoms with Gasteiger partial charge in [0.15, 0.2) is 5.82 Å². The molecule has 1 aliphatic heterocycles. The van der Waals surface area contributed by atoms with Gasteiger partial charge in [-0.25, -0.2) is 4.79 Å². The zero-order valence-corrected chi connectivity index (χ0v) is 18.1. The third-order valence-electron chi connectivity index (χ3n) is 5.67. The Kier molecular flexibility index (Phi) is 6.02. The predicted octanol–water partition coefficient (Wildman–Crippen LogP) is 4.12. The van der Waals surface area contributed by atoms with E-state index in [-0.39, 0.29) is 6.03 Å². The number of nitrogens with zero attached hydrogens (tertiary/aromatic N) is 4. The summed E-state index contributed by atoms with van der Waals surface area (Å²) in [6.07, 6.45) is 0. The van der Waals surface area contributed by atoms with Crippen LogP contribution in [0.5, 0.6) is 5.75 Å². The fourth-order valence-electron chi connectivity index (χ4n) is 3.59. The Labute approximate surface area is 182 Å². The van der Waals surface area contributed by atoms with E-state index in [0.29, 0.717) is 31.9 Å². The van der Waals surface area contributed by atoms with Crippen LogP contribution in [-0.2, 0) is 0 Å². The van der Waals surface area contributed by atoms with Gasteiger partial charge in [0, 0.05) is 43.5 Å². The van der Waals surface area contributed by atoms with Gasteiger partial charge in [-0.15, -0.1) is 10.2 Å². The van der Waals surface area contributed by atoms with E-state index in [4.69, 9.17) is 4.74 Å². The average Bonchev–Trinajstić information content (AvgIpc) is 2.81. The first-order chi connectivity index (χ1) is 15.0. The van der Waals surface area contributed by atoms with Crippen LogP contribution in [0.2, 0.25) is 0 Å². The first-order valence-corrected chi connectivity index (χ1v) is 10.4. The highest BCUT2D eigenvalue weighted by molar-refractivity contribution is 5.89. The van der Waals surface area contributed by atoms with Gasteiger partial charge in [0.2, 0.25) is 0 Å². The fourth-order valence-corrected chi connectivity index (χ4v) is 3.59. The lowest BCUT2D eigenvalue weighted by atomic mass is 10.0. The number of nitrogens with one attached hydrogen (secondary N) is 1. The summed E-state index contributed by atoms with van der Waals surface area (Å²) in [5.41, 5.74) is 5.16. The van der Waals surface area contributed by atoms with Gasteiger partial charge < -0.3 is 19.9 Å². The molecule has 160 valence electrons. The maximum Gasteiger partial charge on any atom is 0.321 e. The molecule has 1 N–H and O–H groups in total. The number of carbonyl (C=O) groups is 1. The minimum absolute atomic E-state index is 0.107. The van der Waals surface area contributed by atoms with Crippen molar-refractivity contribution in [3.05, 3.63) is 65.7 Å². The van der Waals surface area contributed by atoms with E-state index in [1.54, 1.807) is 13.2 Å². The van der Waals surface area contributed by atoms with E-state index >= 15 is 0 Å². The van der Waals surface area contributed by atoms with Gasteiger partial charge in [0.1, 0.15) is 5.75 Å². The summed E-state index contributed by atoms with van der Waals surface area (Å²) in [5, 5.41) is 11.8. The molecule has 0 unspecified atom stereocenters. The van der Waals surface area contributed by atoms with Gasteiger partial charge in [0.25, 0.3) is 0 Å². The first kappa shape index (κ1) is 20.7. The summed E-state index contributed by atoms with van der Waals surface area (Å²) in [7, 11) is 1.61. The molecule has 7 heteroatoms. The van der Waals surface area contributed by atoms with Crippen molar-refractivity contribution in [1.29, 1.82) is 0 Å². The van der Waals surface area contributed by atoms with Crippen molar-refractivity contribution in [2.24, 2.45) is 0 Å². The molecule has 0 atom stereocenters. The van der Waals surface area contributed by atoms with Crippen LogP contribution in [0, 0.1) is 13.8 Å². The first-order valence-electron chi connectivity index (χ1n) is 10.4. The van der Waals surface area contributed by atoms with Crippen molar-refractivity contribution in [1.82, 2.24) is 15.1 Å². The number of hydrogen-bond acceptors (Lipinski definition) is 5. The van der Waals surface area contributed by atoms with Gasteiger partial charge >= 0.3 is 6.03 Å². The van der Waals surface area contributed by atoms with Gasteiger partial charge in [0.05, 0.1) is 12.8 Å². The van der Waals surface area contributed by atoms with Gasteiger partial charge in [-0.2, -0.15) is 0 Å². The molecular weight excluding hydrogens is 390 g/mol. The second-order valence-electron chi connectivity index (χ2n) is 7.71. The van der Waals surface area contributed by atoms with E-state index in [2.05, 4.69) is 52.5 Å². The Morgan fingerprint density at radius 2 is 1.74 bits per heavy atom. The Morgan fingerprint density at radius 1 is 0.935 bits per heavy atom. The zero-order valence-electron chi connectivity index (χ0n) is 18.1. The quantitative estimate of drug-likeness (QED) is 0.691. The number of hydrogen-bond donors (Lipinski definition) is 1. The number of aromatic nitrogens is 2. The molecule has 31 heavy (non-hydrogen) atoms. The van der Waals surface area contributed by atoms with E-state index in [1.807, 2.05) is 35.2 Å². The van der Waals surface area contributed by atoms with Crippen LogP contribution in [0.4, 0.5) is 16.3 Å². The SMILES string of the molecule is COc1cccc(NC(=O)N2CCN(c3ccc(-c4ccc(C)c(C)c4)nn3)CC2)c1. The minimum Gasteiger partial charge on any atom is -0.497 e. The highest BCUT2D eigenvalue weighted by atomic mass is 16.5. The van der Waals surface area contributed by atoms with Crippen molar-refractivity contribution < 1.29 is 9.53 Å². The Bertz CT molecular complexity index is 1060. The standard InChI is InChI=1S/C24H27N5O2/c1-17-7-8-19(15-18(17)2)22-9-10-23(27-26-22)28-11-13-29(14-12-28)24(30)25-20-5-4-6-21(16-20)31-3/h4-10,15-16H,11-14H2,1-3H3,(H,25,30). The summed E-state index contributed by atoms with van der Waals surface area (Å²) < 4.78 is 5.21. The van der Waals surface area contributed by atoms with E-state index in [0.717, 1.165) is 22.8 Å². The van der Waals surface area contributed by atoms with E-state index < -0.39 is 0 Å². The molecule has 4 rings (SSSR count). The highest BCUT2D eigenvalue weighted by Crippen LogP contribution is 2.22. The summed E-state index contributed by atoms with van der Waals surface area (Å²) >= 11 is 0. The molecular formula is C24H27N5O2. The minimum atomic E-state index is -0.107. The topological polar surface area (TPSA) is 70.6 Å². The highest BCUT2D eigenvalue weighted by Gasteiger charge is 2.22. The Hall–Kier alpha value is -3.61. The molecule has 7 nitrogen and oxygen atoms in total. The molecule has 2 amide bonds. The molecule has 3 aromatic rings. The number of carbonyl (C=O) groups excluding carboxylic acids is 1. The van der Waals surface area contributed by atoms with Crippen molar-refractivity contribution in [2.45, 2.75) is 13.8 Å².